The molecule has 1 aromatic rings. The van der Waals surface area contributed by atoms with Crippen LogP contribution in [0, 0.1) is 0 Å². The minimum Gasteiger partial charge on any atom is -0.461 e. The van der Waals surface area contributed by atoms with Gasteiger partial charge in [0.2, 0.25) is 0 Å². The van der Waals surface area contributed by atoms with Crippen molar-refractivity contribution in [3.63, 3.8) is 0 Å². The summed E-state index contributed by atoms with van der Waals surface area (Å²) in [6.07, 6.45) is 52.9. The van der Waals surface area contributed by atoms with Crippen molar-refractivity contribution in [2.45, 2.75) is 212 Å². The molecule has 3 N–H and O–H groups in total. The molecule has 1 unspecified atom stereocenters. The molecule has 0 aliphatic rings. The monoisotopic (exact) mass is 668 g/mol. The lowest BCUT2D eigenvalue weighted by atomic mass is 10.0. The molecular formula is C43H77N3O2. The zero-order valence-electron chi connectivity index (χ0n) is 31.6. The van der Waals surface area contributed by atoms with Gasteiger partial charge in [0.15, 0.2) is 0 Å². The Morgan fingerprint density at radius 3 is 1.54 bits per heavy atom. The van der Waals surface area contributed by atoms with Crippen molar-refractivity contribution >= 4 is 5.97 Å². The molecule has 1 rings (SSSR count). The van der Waals surface area contributed by atoms with Gasteiger partial charge in [-0.25, -0.2) is 4.98 Å². The molecule has 0 aliphatic heterocycles. The van der Waals surface area contributed by atoms with Crippen molar-refractivity contribution in [2.24, 2.45) is 5.73 Å². The van der Waals surface area contributed by atoms with Crippen LogP contribution in [0.1, 0.15) is 199 Å². The molecule has 48 heavy (non-hydrogen) atoms. The fourth-order valence-corrected chi connectivity index (χ4v) is 6.21. The van der Waals surface area contributed by atoms with Crippen molar-refractivity contribution in [1.82, 2.24) is 9.97 Å². The summed E-state index contributed by atoms with van der Waals surface area (Å²) in [5, 5.41) is 0. The van der Waals surface area contributed by atoms with E-state index >= 15 is 0 Å². The molecule has 1 heterocycles. The molecule has 5 heteroatoms. The van der Waals surface area contributed by atoms with E-state index in [1.54, 1.807) is 12.5 Å². The number of aromatic nitrogens is 2. The minimum absolute atomic E-state index is 0.0204. The van der Waals surface area contributed by atoms with Gasteiger partial charge in [0.1, 0.15) is 12.1 Å². The van der Waals surface area contributed by atoms with Crippen LogP contribution in [0.2, 0.25) is 0 Å². The van der Waals surface area contributed by atoms with E-state index in [0.717, 1.165) is 37.8 Å². The van der Waals surface area contributed by atoms with Crippen LogP contribution in [-0.2, 0) is 16.0 Å². The van der Waals surface area contributed by atoms with Crippen molar-refractivity contribution in [3.05, 3.63) is 54.7 Å². The number of carbonyl (C=O) groups is 1. The van der Waals surface area contributed by atoms with E-state index < -0.39 is 6.04 Å². The molecule has 0 saturated heterocycles. The highest BCUT2D eigenvalue weighted by Crippen LogP contribution is 2.18. The third-order valence-corrected chi connectivity index (χ3v) is 9.34. The Morgan fingerprint density at radius 2 is 1.06 bits per heavy atom. The predicted molar refractivity (Wildman–Crippen MR) is 208 cm³/mol. The number of nitrogens with one attached hydrogen (secondary N) is 1. The fraction of sp³-hybridized carbons (Fsp3) is 0.767. The molecule has 5 nitrogen and oxygen atoms in total. The molecule has 2 atom stereocenters. The number of hydrogen-bond donors (Lipinski definition) is 2. The number of hydrogen-bond acceptors (Lipinski definition) is 4. The molecule has 276 valence electrons. The maximum atomic E-state index is 12.8. The lowest BCUT2D eigenvalue weighted by Crippen LogP contribution is -2.37. The van der Waals surface area contributed by atoms with Gasteiger partial charge in [0.05, 0.1) is 6.33 Å². The number of H-pyrrole nitrogens is 1. The van der Waals surface area contributed by atoms with Crippen LogP contribution in [0.5, 0.6) is 0 Å². The maximum Gasteiger partial charge on any atom is 0.323 e. The van der Waals surface area contributed by atoms with E-state index in [0.29, 0.717) is 6.42 Å². The highest BCUT2D eigenvalue weighted by atomic mass is 16.5. The van der Waals surface area contributed by atoms with Crippen LogP contribution in [0.3, 0.4) is 0 Å². The molecule has 0 saturated carbocycles. The summed E-state index contributed by atoms with van der Waals surface area (Å²) in [6, 6.07) is -0.649. The Kier molecular flexibility index (Phi) is 31.7. The molecule has 0 aromatic carbocycles. The molecule has 0 amide bonds. The number of nitrogens with zero attached hydrogens (tertiary/aromatic N) is 1. The lowest BCUT2D eigenvalue weighted by molar-refractivity contribution is -0.151. The number of allylic oxidation sites excluding steroid dienone is 6. The number of imidazole rings is 1. The second-order valence-corrected chi connectivity index (χ2v) is 14.0. The largest absolute Gasteiger partial charge is 0.461 e. The number of carbonyl (C=O) groups excluding carboxylic acids is 1. The fourth-order valence-electron chi connectivity index (χ4n) is 6.21. The van der Waals surface area contributed by atoms with Gasteiger partial charge in [-0.15, -0.1) is 0 Å². The van der Waals surface area contributed by atoms with Crippen LogP contribution < -0.4 is 5.73 Å². The van der Waals surface area contributed by atoms with Gasteiger partial charge >= 0.3 is 5.97 Å². The smallest absolute Gasteiger partial charge is 0.323 e. The Bertz CT molecular complexity index is 892. The molecule has 1 aromatic heterocycles. The van der Waals surface area contributed by atoms with Crippen molar-refractivity contribution in [3.8, 4) is 0 Å². The Labute approximate surface area is 297 Å². The second-order valence-electron chi connectivity index (χ2n) is 14.0. The Balaban J connectivity index is 2.19. The molecule has 0 bridgehead atoms. The summed E-state index contributed by atoms with van der Waals surface area (Å²) in [6.45, 7) is 4.54. The van der Waals surface area contributed by atoms with Gasteiger partial charge in [-0.05, 0) is 83.5 Å². The van der Waals surface area contributed by atoms with E-state index in [9.17, 15) is 4.79 Å². The van der Waals surface area contributed by atoms with E-state index in [4.69, 9.17) is 10.5 Å². The maximum absolute atomic E-state index is 12.8. The zero-order chi connectivity index (χ0) is 34.6. The molecule has 0 aliphatic carbocycles. The quantitative estimate of drug-likeness (QED) is 0.0429. The van der Waals surface area contributed by atoms with E-state index in [-0.39, 0.29) is 12.1 Å². The SMILES string of the molecule is CCCCC/C=C\C/C=C\CCCCCCCCC(CCCCCCCC/C=C\CCCCCCCC)OC(=O)[C@@H](N)Cc1cnc[nH]1. The summed E-state index contributed by atoms with van der Waals surface area (Å²) >= 11 is 0. The van der Waals surface area contributed by atoms with Crippen LogP contribution in [0.15, 0.2) is 49.0 Å². The molecule has 0 fully saturated rings. The predicted octanol–water partition coefficient (Wildman–Crippen LogP) is 12.8. The summed E-state index contributed by atoms with van der Waals surface area (Å²) in [4.78, 5) is 19.9. The van der Waals surface area contributed by atoms with Crippen molar-refractivity contribution < 1.29 is 9.53 Å². The first kappa shape index (κ1) is 43.9. The van der Waals surface area contributed by atoms with Gasteiger partial charge in [-0.1, -0.05) is 147 Å². The lowest BCUT2D eigenvalue weighted by Gasteiger charge is -2.20. The van der Waals surface area contributed by atoms with Gasteiger partial charge in [0.25, 0.3) is 0 Å². The number of ether oxygens (including phenoxy) is 1. The normalized spacial score (nSPS) is 13.3. The molecule has 0 radical (unpaired) electrons. The Morgan fingerprint density at radius 1 is 0.646 bits per heavy atom. The standard InChI is InChI=1S/C43H77N3O2/c1-3-5-7-9-11-13-15-17-19-21-23-25-27-29-31-33-35-41(48-43(47)42(44)37-40-38-45-39-46-40)36-34-32-30-28-26-24-22-20-18-16-14-12-10-8-6-4-2/h11,13,17-20,38-39,41-42H,3-10,12,14-16,21-37,44H2,1-2H3,(H,45,46)/b13-11-,19-17-,20-18-/t41?,42-/m0/s1. The average molecular weight is 668 g/mol. The third kappa shape index (κ3) is 28.8. The van der Waals surface area contributed by atoms with Crippen LogP contribution in [0.4, 0.5) is 0 Å². The first-order valence-corrected chi connectivity index (χ1v) is 20.6. The summed E-state index contributed by atoms with van der Waals surface area (Å²) in [7, 11) is 0. The van der Waals surface area contributed by atoms with Gasteiger partial charge in [-0.3, -0.25) is 4.79 Å². The van der Waals surface area contributed by atoms with Gasteiger partial charge < -0.3 is 15.5 Å². The second kappa shape index (κ2) is 34.7. The average Bonchev–Trinajstić information content (AvgIpc) is 3.60. The van der Waals surface area contributed by atoms with Gasteiger partial charge in [-0.2, -0.15) is 0 Å². The van der Waals surface area contributed by atoms with E-state index in [1.165, 1.54) is 148 Å². The zero-order valence-corrected chi connectivity index (χ0v) is 31.6. The van der Waals surface area contributed by atoms with Crippen LogP contribution >= 0.6 is 0 Å². The minimum atomic E-state index is -0.649. The third-order valence-electron chi connectivity index (χ3n) is 9.34. The van der Waals surface area contributed by atoms with E-state index in [2.05, 4.69) is 60.3 Å². The van der Waals surface area contributed by atoms with Crippen LogP contribution in [-0.4, -0.2) is 28.1 Å². The number of unbranched alkanes of at least 4 members (excludes halogenated alkanes) is 21. The van der Waals surface area contributed by atoms with Gasteiger partial charge in [0, 0.05) is 18.3 Å². The van der Waals surface area contributed by atoms with E-state index in [1.807, 2.05) is 0 Å². The first-order chi connectivity index (χ1) is 23.7. The topological polar surface area (TPSA) is 81.0 Å². The molecule has 0 spiro atoms. The first-order valence-electron chi connectivity index (χ1n) is 20.6. The number of rotatable bonds is 35. The summed E-state index contributed by atoms with van der Waals surface area (Å²) < 4.78 is 5.99. The summed E-state index contributed by atoms with van der Waals surface area (Å²) in [5.74, 6) is -0.279. The Hall–Kier alpha value is -2.14. The number of esters is 1. The highest BCUT2D eigenvalue weighted by molar-refractivity contribution is 5.76. The number of nitrogens with two attached hydrogens (primary N) is 1. The van der Waals surface area contributed by atoms with Crippen molar-refractivity contribution in [1.29, 1.82) is 0 Å². The van der Waals surface area contributed by atoms with Crippen LogP contribution in [0.25, 0.3) is 0 Å². The highest BCUT2D eigenvalue weighted by Gasteiger charge is 2.21. The van der Waals surface area contributed by atoms with Crippen molar-refractivity contribution in [2.75, 3.05) is 0 Å². The molecular weight excluding hydrogens is 590 g/mol. The number of aromatic amines is 1. The summed E-state index contributed by atoms with van der Waals surface area (Å²) in [5.41, 5.74) is 7.07.